The minimum Gasteiger partial charge on any atom is -0.295 e. The van der Waals surface area contributed by atoms with Gasteiger partial charge in [0.25, 0.3) is 0 Å². The van der Waals surface area contributed by atoms with Gasteiger partial charge in [0.2, 0.25) is 0 Å². The highest BCUT2D eigenvalue weighted by Crippen LogP contribution is 2.40. The number of nitrogens with zero attached hydrogens (tertiary/aromatic N) is 4. The second kappa shape index (κ2) is 4.90. The van der Waals surface area contributed by atoms with Crippen LogP contribution in [0.25, 0.3) is 22.7 Å². The van der Waals surface area contributed by atoms with E-state index in [0.717, 1.165) is 22.7 Å². The standard InChI is InChI=1S/C15H14N4S/c1-2-8-16-11(5-1)15-18-12-6-3-9-17-14(12)19(15)13-7-4-10-20-13/h1-3,5-6,8-9,13H,4,7,10H2. The molecule has 3 aromatic heterocycles. The highest BCUT2D eigenvalue weighted by Gasteiger charge is 2.24. The van der Waals surface area contributed by atoms with Crippen LogP contribution in [0.1, 0.15) is 18.2 Å². The molecular weight excluding hydrogens is 268 g/mol. The van der Waals surface area contributed by atoms with Crippen molar-refractivity contribution < 1.29 is 0 Å². The predicted molar refractivity (Wildman–Crippen MR) is 81.5 cm³/mol. The van der Waals surface area contributed by atoms with Gasteiger partial charge in [-0.05, 0) is 42.9 Å². The molecule has 1 atom stereocenters. The summed E-state index contributed by atoms with van der Waals surface area (Å²) in [6.45, 7) is 0. The van der Waals surface area contributed by atoms with E-state index in [-0.39, 0.29) is 0 Å². The van der Waals surface area contributed by atoms with Crippen molar-refractivity contribution in [3.8, 4) is 11.5 Å². The van der Waals surface area contributed by atoms with Crippen molar-refractivity contribution in [2.45, 2.75) is 18.2 Å². The van der Waals surface area contributed by atoms with Gasteiger partial charge in [0, 0.05) is 12.4 Å². The average molecular weight is 282 g/mol. The topological polar surface area (TPSA) is 43.6 Å². The molecule has 4 nitrogen and oxygen atoms in total. The van der Waals surface area contributed by atoms with Crippen LogP contribution >= 0.6 is 11.8 Å². The first-order valence-electron chi connectivity index (χ1n) is 6.79. The molecule has 1 aliphatic rings. The van der Waals surface area contributed by atoms with E-state index in [1.54, 1.807) is 0 Å². The van der Waals surface area contributed by atoms with Crippen molar-refractivity contribution in [3.05, 3.63) is 42.7 Å². The molecule has 1 unspecified atom stereocenters. The van der Waals surface area contributed by atoms with Crippen LogP contribution in [-0.2, 0) is 0 Å². The van der Waals surface area contributed by atoms with Crippen molar-refractivity contribution in [1.29, 1.82) is 0 Å². The Hall–Kier alpha value is -1.88. The molecule has 4 rings (SSSR count). The molecule has 0 N–H and O–H groups in total. The number of pyridine rings is 2. The summed E-state index contributed by atoms with van der Waals surface area (Å²) in [6.07, 6.45) is 6.08. The Morgan fingerprint density at radius 2 is 2.05 bits per heavy atom. The van der Waals surface area contributed by atoms with Gasteiger partial charge in [-0.2, -0.15) is 0 Å². The maximum atomic E-state index is 4.75. The molecule has 1 aliphatic heterocycles. The molecule has 3 aromatic rings. The zero-order valence-corrected chi connectivity index (χ0v) is 11.8. The lowest BCUT2D eigenvalue weighted by Crippen LogP contribution is -2.05. The maximum Gasteiger partial charge on any atom is 0.162 e. The zero-order chi connectivity index (χ0) is 13.4. The molecular formula is C15H14N4S. The van der Waals surface area contributed by atoms with Gasteiger partial charge in [-0.15, -0.1) is 11.8 Å². The number of hydrogen-bond donors (Lipinski definition) is 0. The van der Waals surface area contributed by atoms with E-state index in [4.69, 9.17) is 4.98 Å². The van der Waals surface area contributed by atoms with E-state index < -0.39 is 0 Å². The molecule has 0 spiro atoms. The van der Waals surface area contributed by atoms with E-state index in [1.807, 2.05) is 54.5 Å². The summed E-state index contributed by atoms with van der Waals surface area (Å²) < 4.78 is 2.26. The largest absolute Gasteiger partial charge is 0.295 e. The van der Waals surface area contributed by atoms with Crippen LogP contribution < -0.4 is 0 Å². The van der Waals surface area contributed by atoms with Gasteiger partial charge < -0.3 is 0 Å². The Morgan fingerprint density at radius 1 is 1.10 bits per heavy atom. The Kier molecular flexibility index (Phi) is 2.92. The third-order valence-corrected chi connectivity index (χ3v) is 4.89. The van der Waals surface area contributed by atoms with Gasteiger partial charge in [-0.3, -0.25) is 9.55 Å². The van der Waals surface area contributed by atoms with Crippen LogP contribution in [0.15, 0.2) is 42.7 Å². The molecule has 0 radical (unpaired) electrons. The van der Waals surface area contributed by atoms with Crippen LogP contribution in [0, 0.1) is 0 Å². The SMILES string of the molecule is c1ccc(-c2nc3cccnc3n2C2CCCS2)nc1. The maximum absolute atomic E-state index is 4.75. The number of fused-ring (bicyclic) bond motifs is 1. The molecule has 0 bridgehead atoms. The third kappa shape index (κ3) is 1.89. The number of hydrogen-bond acceptors (Lipinski definition) is 4. The highest BCUT2D eigenvalue weighted by molar-refractivity contribution is 7.99. The zero-order valence-electron chi connectivity index (χ0n) is 10.9. The van der Waals surface area contributed by atoms with Gasteiger partial charge in [0.1, 0.15) is 11.2 Å². The number of thioether (sulfide) groups is 1. The summed E-state index contributed by atoms with van der Waals surface area (Å²) in [5, 5.41) is 0.423. The van der Waals surface area contributed by atoms with Gasteiger partial charge in [-0.25, -0.2) is 9.97 Å². The number of aromatic nitrogens is 4. The fraction of sp³-hybridized carbons (Fsp3) is 0.267. The molecule has 5 heteroatoms. The van der Waals surface area contributed by atoms with Crippen molar-refractivity contribution in [2.75, 3.05) is 5.75 Å². The van der Waals surface area contributed by atoms with Crippen LogP contribution in [0.3, 0.4) is 0 Å². The van der Waals surface area contributed by atoms with E-state index in [2.05, 4.69) is 14.5 Å². The van der Waals surface area contributed by atoms with Crippen molar-refractivity contribution in [2.24, 2.45) is 0 Å². The Labute approximate surface area is 121 Å². The molecule has 100 valence electrons. The number of imidazole rings is 1. The fourth-order valence-corrected chi connectivity index (χ4v) is 3.93. The summed E-state index contributed by atoms with van der Waals surface area (Å²) in [4.78, 5) is 13.7. The second-order valence-corrected chi connectivity index (χ2v) is 6.12. The second-order valence-electron chi connectivity index (χ2n) is 4.83. The molecule has 4 heterocycles. The van der Waals surface area contributed by atoms with E-state index in [9.17, 15) is 0 Å². The van der Waals surface area contributed by atoms with Gasteiger partial charge in [0.15, 0.2) is 11.5 Å². The quantitative estimate of drug-likeness (QED) is 0.721. The molecule has 0 aromatic carbocycles. The normalized spacial score (nSPS) is 18.7. The lowest BCUT2D eigenvalue weighted by molar-refractivity contribution is 0.659. The van der Waals surface area contributed by atoms with Gasteiger partial charge in [-0.1, -0.05) is 6.07 Å². The Balaban J connectivity index is 1.97. The first-order chi connectivity index (χ1) is 9.93. The van der Waals surface area contributed by atoms with Gasteiger partial charge >= 0.3 is 0 Å². The average Bonchev–Trinajstić information content (AvgIpc) is 3.14. The minimum atomic E-state index is 0.423. The predicted octanol–water partition coefficient (Wildman–Crippen LogP) is 3.52. The number of rotatable bonds is 2. The molecule has 1 fully saturated rings. The summed E-state index contributed by atoms with van der Waals surface area (Å²) in [5.74, 6) is 2.14. The van der Waals surface area contributed by atoms with Crippen molar-refractivity contribution in [3.63, 3.8) is 0 Å². The van der Waals surface area contributed by atoms with Gasteiger partial charge in [0.05, 0.1) is 5.37 Å². The Bertz CT molecular complexity index is 732. The first-order valence-corrected chi connectivity index (χ1v) is 7.84. The summed E-state index contributed by atoms with van der Waals surface area (Å²) in [5.41, 5.74) is 2.83. The van der Waals surface area contributed by atoms with Crippen LogP contribution in [0.4, 0.5) is 0 Å². The molecule has 0 saturated carbocycles. The first kappa shape index (κ1) is 11.9. The van der Waals surface area contributed by atoms with Crippen molar-refractivity contribution >= 4 is 22.9 Å². The van der Waals surface area contributed by atoms with Crippen LogP contribution in [0.5, 0.6) is 0 Å². The van der Waals surface area contributed by atoms with E-state index in [0.29, 0.717) is 5.37 Å². The molecule has 0 amide bonds. The Morgan fingerprint density at radius 3 is 2.85 bits per heavy atom. The molecule has 0 aliphatic carbocycles. The fourth-order valence-electron chi connectivity index (χ4n) is 2.64. The summed E-state index contributed by atoms with van der Waals surface area (Å²) in [6, 6.07) is 9.90. The molecule has 1 saturated heterocycles. The lowest BCUT2D eigenvalue weighted by Gasteiger charge is -2.14. The highest BCUT2D eigenvalue weighted by atomic mass is 32.2. The molecule has 20 heavy (non-hydrogen) atoms. The van der Waals surface area contributed by atoms with Crippen LogP contribution in [0.2, 0.25) is 0 Å². The summed E-state index contributed by atoms with van der Waals surface area (Å²) >= 11 is 1.98. The van der Waals surface area contributed by atoms with Crippen molar-refractivity contribution in [1.82, 2.24) is 19.5 Å². The third-order valence-electron chi connectivity index (χ3n) is 3.54. The van der Waals surface area contributed by atoms with Crippen LogP contribution in [-0.4, -0.2) is 25.3 Å². The smallest absolute Gasteiger partial charge is 0.162 e. The minimum absolute atomic E-state index is 0.423. The van der Waals surface area contributed by atoms with E-state index >= 15 is 0 Å². The monoisotopic (exact) mass is 282 g/mol. The summed E-state index contributed by atoms with van der Waals surface area (Å²) in [7, 11) is 0. The van der Waals surface area contributed by atoms with E-state index in [1.165, 1.54) is 18.6 Å². The lowest BCUT2D eigenvalue weighted by atomic mass is 10.3.